The van der Waals surface area contributed by atoms with Crippen LogP contribution in [0.25, 0.3) is 0 Å². The Morgan fingerprint density at radius 2 is 1.44 bits per heavy atom. The van der Waals surface area contributed by atoms with E-state index in [2.05, 4.69) is 44.2 Å². The Bertz CT molecular complexity index is 309. The molecule has 106 valence electrons. The molecule has 2 rings (SSSR count). The molecule has 1 atom stereocenters. The highest BCUT2D eigenvalue weighted by Crippen LogP contribution is 2.35. The van der Waals surface area contributed by atoms with Crippen molar-refractivity contribution in [1.82, 2.24) is 4.57 Å². The predicted octanol–water partition coefficient (Wildman–Crippen LogP) is 2.90. The van der Waals surface area contributed by atoms with Crippen LogP contribution < -0.4 is 0 Å². The Morgan fingerprint density at radius 3 is 1.94 bits per heavy atom. The van der Waals surface area contributed by atoms with Crippen molar-refractivity contribution in [2.45, 2.75) is 65.0 Å². The van der Waals surface area contributed by atoms with Gasteiger partial charge in [-0.15, -0.1) is 0 Å². The van der Waals surface area contributed by atoms with Crippen molar-refractivity contribution in [3.63, 3.8) is 0 Å². The van der Waals surface area contributed by atoms with E-state index in [4.69, 9.17) is 12.3 Å². The molecule has 7 heteroatoms. The van der Waals surface area contributed by atoms with Crippen molar-refractivity contribution < 1.29 is 12.3 Å². The summed E-state index contributed by atoms with van der Waals surface area (Å²) in [7, 11) is -6.27. The van der Waals surface area contributed by atoms with Gasteiger partial charge in [-0.1, -0.05) is 13.3 Å². The third kappa shape index (κ3) is 3.14. The van der Waals surface area contributed by atoms with E-state index in [1.165, 1.54) is 19.3 Å². The number of nitrogens with zero attached hydrogens (tertiary/aromatic N) is 1. The van der Waals surface area contributed by atoms with Gasteiger partial charge >= 0.3 is 25.8 Å². The maximum absolute atomic E-state index is 6.40. The van der Waals surface area contributed by atoms with E-state index < -0.39 is 25.8 Å². The molecule has 2 fully saturated rings. The van der Waals surface area contributed by atoms with Crippen LogP contribution in [-0.4, -0.2) is 43.0 Å². The lowest BCUT2D eigenvalue weighted by Crippen LogP contribution is -2.73. The highest BCUT2D eigenvalue weighted by Gasteiger charge is 2.57. The fourth-order valence-electron chi connectivity index (χ4n) is 3.39. The number of hydrogen-bond acceptors (Lipinski definition) is 4. The Hall–Kier alpha value is 0.491. The summed E-state index contributed by atoms with van der Waals surface area (Å²) in [5.41, 5.74) is 0. The predicted molar refractivity (Wildman–Crippen MR) is 79.9 cm³/mol. The van der Waals surface area contributed by atoms with Crippen LogP contribution in [0.2, 0.25) is 32.7 Å². The van der Waals surface area contributed by atoms with Crippen molar-refractivity contribution in [3.8, 4) is 0 Å². The molecule has 0 aromatic carbocycles. The van der Waals surface area contributed by atoms with Gasteiger partial charge in [0.15, 0.2) is 0 Å². The van der Waals surface area contributed by atoms with Gasteiger partial charge in [0.1, 0.15) is 0 Å². The number of piperidine rings is 1. The Morgan fingerprint density at radius 1 is 0.889 bits per heavy atom. The minimum absolute atomic E-state index is 0.586. The second-order valence-corrected chi connectivity index (χ2v) is 17.0. The van der Waals surface area contributed by atoms with Crippen LogP contribution >= 0.6 is 0 Å². The van der Waals surface area contributed by atoms with Gasteiger partial charge in [-0.25, -0.2) is 0 Å². The van der Waals surface area contributed by atoms with Crippen molar-refractivity contribution >= 4 is 25.8 Å². The molecule has 4 nitrogen and oxygen atoms in total. The van der Waals surface area contributed by atoms with Crippen LogP contribution in [0.3, 0.4) is 0 Å². The molecular formula is C11H27NO3Si3. The highest BCUT2D eigenvalue weighted by atomic mass is 28.5. The first-order valence-electron chi connectivity index (χ1n) is 7.01. The van der Waals surface area contributed by atoms with Crippen LogP contribution in [0, 0.1) is 0 Å². The number of hydrogen-bond donors (Lipinski definition) is 0. The largest absolute Gasteiger partial charge is 0.416 e. The monoisotopic (exact) mass is 305 g/mol. The van der Waals surface area contributed by atoms with E-state index in [0.29, 0.717) is 6.04 Å². The summed E-state index contributed by atoms with van der Waals surface area (Å²) in [6.45, 7) is 14.3. The van der Waals surface area contributed by atoms with Gasteiger partial charge in [-0.05, 0) is 52.1 Å². The Kier molecular flexibility index (Phi) is 3.97. The molecule has 2 aliphatic rings. The topological polar surface area (TPSA) is 30.9 Å². The van der Waals surface area contributed by atoms with Crippen molar-refractivity contribution in [2.75, 3.05) is 6.54 Å². The summed E-state index contributed by atoms with van der Waals surface area (Å²) >= 11 is 0. The van der Waals surface area contributed by atoms with Crippen LogP contribution in [0.15, 0.2) is 0 Å². The quantitative estimate of drug-likeness (QED) is 0.697. The first kappa shape index (κ1) is 14.9. The lowest BCUT2D eigenvalue weighted by molar-refractivity contribution is 0.134. The van der Waals surface area contributed by atoms with Crippen molar-refractivity contribution in [3.05, 3.63) is 0 Å². The van der Waals surface area contributed by atoms with Crippen LogP contribution in [0.5, 0.6) is 0 Å². The highest BCUT2D eigenvalue weighted by molar-refractivity contribution is 6.92. The average molecular weight is 306 g/mol. The fraction of sp³-hybridized carbons (Fsp3) is 1.00. The van der Waals surface area contributed by atoms with E-state index in [9.17, 15) is 0 Å². The molecule has 2 aliphatic heterocycles. The third-order valence-electron chi connectivity index (χ3n) is 3.69. The Labute approximate surface area is 114 Å². The second kappa shape index (κ2) is 4.80. The van der Waals surface area contributed by atoms with E-state index in [-0.39, 0.29) is 0 Å². The van der Waals surface area contributed by atoms with Gasteiger partial charge in [0.2, 0.25) is 0 Å². The smallest absolute Gasteiger partial charge is 0.407 e. The van der Waals surface area contributed by atoms with Gasteiger partial charge in [0, 0.05) is 6.04 Å². The van der Waals surface area contributed by atoms with Gasteiger partial charge in [0.25, 0.3) is 0 Å². The second-order valence-electron chi connectivity index (χ2n) is 6.54. The average Bonchev–Trinajstić information content (AvgIpc) is 2.11. The van der Waals surface area contributed by atoms with Crippen LogP contribution in [-0.2, 0) is 12.3 Å². The van der Waals surface area contributed by atoms with Crippen molar-refractivity contribution in [2.24, 2.45) is 0 Å². The number of rotatable bonds is 1. The summed E-state index contributed by atoms with van der Waals surface area (Å²) < 4.78 is 21.5. The first-order chi connectivity index (χ1) is 8.14. The minimum Gasteiger partial charge on any atom is -0.416 e. The molecule has 0 saturated carbocycles. The zero-order valence-corrected chi connectivity index (χ0v) is 15.6. The molecule has 0 aromatic rings. The SMILES string of the molecule is CC1CCCCN1[Si]1(C)O[Si](C)(C)O[Si](C)(C)O1. The summed E-state index contributed by atoms with van der Waals surface area (Å²) in [6, 6.07) is 0.586. The third-order valence-corrected chi connectivity index (χ3v) is 16.3. The van der Waals surface area contributed by atoms with Gasteiger partial charge < -0.3 is 12.3 Å². The molecule has 18 heavy (non-hydrogen) atoms. The van der Waals surface area contributed by atoms with Gasteiger partial charge in [-0.2, -0.15) is 0 Å². The lowest BCUT2D eigenvalue weighted by Gasteiger charge is -2.53. The van der Waals surface area contributed by atoms with Gasteiger partial charge in [0.05, 0.1) is 0 Å². The standard InChI is InChI=1S/C11H27NO3Si3/c1-11-9-7-8-10-12(11)18(6)14-16(2,3)13-17(4,5)15-18/h11H,7-10H2,1-6H3. The maximum Gasteiger partial charge on any atom is 0.407 e. The maximum atomic E-state index is 6.40. The molecule has 0 aliphatic carbocycles. The molecule has 0 radical (unpaired) electrons. The summed E-state index contributed by atoms with van der Waals surface area (Å²) in [6.07, 6.45) is 3.87. The van der Waals surface area contributed by atoms with E-state index >= 15 is 0 Å². The fourth-order valence-corrected chi connectivity index (χ4v) is 19.5. The summed E-state index contributed by atoms with van der Waals surface area (Å²) in [4.78, 5) is 0. The first-order valence-corrected chi connectivity index (χ1v) is 14.9. The Balaban J connectivity index is 2.22. The van der Waals surface area contributed by atoms with Crippen LogP contribution in [0.4, 0.5) is 0 Å². The molecule has 1 unspecified atom stereocenters. The molecule has 0 N–H and O–H groups in total. The molecule has 0 spiro atoms. The zero-order valence-electron chi connectivity index (χ0n) is 12.6. The molecule has 0 bridgehead atoms. The lowest BCUT2D eigenvalue weighted by atomic mass is 10.1. The normalized spacial score (nSPS) is 35.3. The molecular weight excluding hydrogens is 278 g/mol. The minimum atomic E-state index is -2.24. The summed E-state index contributed by atoms with van der Waals surface area (Å²) in [5, 5.41) is 0. The molecule has 0 amide bonds. The van der Waals surface area contributed by atoms with E-state index in [1.807, 2.05) is 0 Å². The van der Waals surface area contributed by atoms with E-state index in [1.54, 1.807) is 0 Å². The van der Waals surface area contributed by atoms with Crippen LogP contribution in [0.1, 0.15) is 26.2 Å². The zero-order chi connectivity index (χ0) is 13.6. The molecule has 2 saturated heterocycles. The summed E-state index contributed by atoms with van der Waals surface area (Å²) in [5.74, 6) is 0. The molecule has 0 aromatic heterocycles. The van der Waals surface area contributed by atoms with Crippen molar-refractivity contribution in [1.29, 1.82) is 0 Å². The van der Waals surface area contributed by atoms with E-state index in [0.717, 1.165) is 6.54 Å². The molecule has 2 heterocycles. The van der Waals surface area contributed by atoms with Gasteiger partial charge in [-0.3, -0.25) is 4.57 Å².